The van der Waals surface area contributed by atoms with Gasteiger partial charge >= 0.3 is 0 Å². The number of rotatable bonds is 1. The zero-order chi connectivity index (χ0) is 35.3. The van der Waals surface area contributed by atoms with Crippen LogP contribution in [0.2, 0.25) is 0 Å². The summed E-state index contributed by atoms with van der Waals surface area (Å²) in [6.45, 7) is 12.9. The molecule has 0 aromatic heterocycles. The Morgan fingerprint density at radius 2 is 0.700 bits per heavy atom. The molecule has 1 heterocycles. The van der Waals surface area contributed by atoms with Gasteiger partial charge in [0.2, 0.25) is 5.91 Å². The molecule has 1 amide bonds. The summed E-state index contributed by atoms with van der Waals surface area (Å²) in [6.07, 6.45) is 0. The van der Waals surface area contributed by atoms with E-state index in [1.54, 1.807) is 0 Å². The average molecular weight is 657 g/mol. The highest BCUT2D eigenvalue weighted by Crippen LogP contribution is 2.48. The highest BCUT2D eigenvalue weighted by atomic mass is 16.2. The van der Waals surface area contributed by atoms with Gasteiger partial charge in [0.1, 0.15) is 0 Å². The number of carbonyl (C=O) groups excluding carboxylic acids is 2. The molecule has 0 unspecified atom stereocenters. The second-order valence-electron chi connectivity index (χ2n) is 14.9. The third-order valence-electron chi connectivity index (χ3n) is 10.8. The first kappa shape index (κ1) is 33.0. The van der Waals surface area contributed by atoms with Gasteiger partial charge in [0.05, 0.1) is 11.1 Å². The van der Waals surface area contributed by atoms with E-state index in [-0.39, 0.29) is 22.5 Å². The average Bonchev–Trinajstić information content (AvgIpc) is 3.50. The van der Waals surface area contributed by atoms with Crippen LogP contribution in [0, 0.1) is 0 Å². The summed E-state index contributed by atoms with van der Waals surface area (Å²) in [5, 5.41) is 0. The van der Waals surface area contributed by atoms with Crippen LogP contribution < -0.4 is 4.90 Å². The maximum Gasteiger partial charge on any atom is 0.241 e. The highest BCUT2D eigenvalue weighted by molar-refractivity contribution is 6.13. The van der Waals surface area contributed by atoms with Crippen LogP contribution in [0.3, 0.4) is 0 Å². The van der Waals surface area contributed by atoms with Gasteiger partial charge in [-0.1, -0.05) is 161 Å². The predicted molar refractivity (Wildman–Crippen MR) is 206 cm³/mol. The van der Waals surface area contributed by atoms with Gasteiger partial charge < -0.3 is 0 Å². The Kier molecular flexibility index (Phi) is 8.19. The maximum atomic E-state index is 12.6. The molecule has 1 atom stereocenters. The molecular weight excluding hydrogens is 613 g/mol. The van der Waals surface area contributed by atoms with E-state index in [0.29, 0.717) is 0 Å². The number of carbonyl (C=O) groups is 2. The van der Waals surface area contributed by atoms with Crippen molar-refractivity contribution in [3.63, 3.8) is 0 Å². The van der Waals surface area contributed by atoms with Crippen LogP contribution in [-0.4, -0.2) is 11.7 Å². The predicted octanol–water partition coefficient (Wildman–Crippen LogP) is 11.2. The van der Waals surface area contributed by atoms with Crippen LogP contribution in [0.15, 0.2) is 152 Å². The fraction of sp³-hybridized carbons (Fsp3) is 0.191. The van der Waals surface area contributed by atoms with Gasteiger partial charge in [-0.3, -0.25) is 14.5 Å². The summed E-state index contributed by atoms with van der Waals surface area (Å²) in [7, 11) is 0. The molecule has 0 fully saturated rings. The van der Waals surface area contributed by atoms with Crippen LogP contribution in [-0.2, 0) is 21.0 Å². The topological polar surface area (TPSA) is 37.4 Å². The molecule has 0 radical (unpaired) electrons. The normalized spacial score (nSPS) is 18.2. The van der Waals surface area contributed by atoms with Gasteiger partial charge in [-0.05, 0) is 71.0 Å². The third kappa shape index (κ3) is 5.29. The molecular formula is C47H43NO2. The zero-order valence-electron chi connectivity index (χ0n) is 29.7. The van der Waals surface area contributed by atoms with Crippen molar-refractivity contribution in [1.82, 2.24) is 0 Å². The van der Waals surface area contributed by atoms with E-state index in [0.717, 1.165) is 39.2 Å². The first-order valence-electron chi connectivity index (χ1n) is 17.4. The number of hydrogen-bond donors (Lipinski definition) is 0. The lowest BCUT2D eigenvalue weighted by atomic mass is 9.72. The molecule has 0 N–H and O–H groups in total. The molecule has 2 aliphatic carbocycles. The van der Waals surface area contributed by atoms with Gasteiger partial charge in [-0.15, -0.1) is 0 Å². The van der Waals surface area contributed by atoms with Crippen LogP contribution in [0.25, 0.3) is 11.1 Å². The van der Waals surface area contributed by atoms with Crippen molar-refractivity contribution in [2.24, 2.45) is 0 Å². The fourth-order valence-corrected chi connectivity index (χ4v) is 7.95. The van der Waals surface area contributed by atoms with Crippen molar-refractivity contribution < 1.29 is 9.59 Å². The van der Waals surface area contributed by atoms with Crippen molar-refractivity contribution in [3.8, 4) is 11.1 Å². The molecule has 3 nitrogen and oxygen atoms in total. The van der Waals surface area contributed by atoms with Gasteiger partial charge in [0, 0.05) is 27.6 Å². The number of anilines is 2. The lowest BCUT2D eigenvalue weighted by molar-refractivity contribution is -0.121. The van der Waals surface area contributed by atoms with Crippen LogP contribution >= 0.6 is 0 Å². The summed E-state index contributed by atoms with van der Waals surface area (Å²) in [5.74, 6) is 0.283. The van der Waals surface area contributed by atoms with E-state index in [4.69, 9.17) is 0 Å². The first-order valence-corrected chi connectivity index (χ1v) is 17.4. The van der Waals surface area contributed by atoms with Gasteiger partial charge in [-0.25, -0.2) is 0 Å². The number of hydrogen-bond acceptors (Lipinski definition) is 2. The Balaban J connectivity index is 0.000000118. The summed E-state index contributed by atoms with van der Waals surface area (Å²) in [6, 6.07) is 51.1. The van der Waals surface area contributed by atoms with Crippen LogP contribution in [0.4, 0.5) is 11.4 Å². The van der Waals surface area contributed by atoms with Gasteiger partial charge in [-0.2, -0.15) is 0 Å². The molecule has 3 aliphatic rings. The largest absolute Gasteiger partial charge is 0.289 e. The quantitative estimate of drug-likeness (QED) is 0.165. The van der Waals surface area contributed by atoms with Gasteiger partial charge in [0.15, 0.2) is 5.78 Å². The molecule has 6 aromatic rings. The highest BCUT2D eigenvalue weighted by Gasteiger charge is 2.44. The summed E-state index contributed by atoms with van der Waals surface area (Å²) in [4.78, 5) is 26.8. The van der Waals surface area contributed by atoms with Gasteiger partial charge in [0.25, 0.3) is 0 Å². The molecule has 6 aromatic carbocycles. The second-order valence-corrected chi connectivity index (χ2v) is 14.9. The SMILES string of the molecule is CC1([13CH3])c2ccccc2-c2ccccc21.CC1([13CH3])c2ccccc2C(=O)c2ccccc21.C[C@]1([13CH3])C(=O)N(c2ccccc2)c2ccccc21. The first-order chi connectivity index (χ1) is 24.0. The lowest BCUT2D eigenvalue weighted by Gasteiger charge is -2.34. The van der Waals surface area contributed by atoms with Crippen LogP contribution in [0.1, 0.15) is 85.3 Å². The Labute approximate surface area is 296 Å². The van der Waals surface area contributed by atoms with E-state index in [1.807, 2.05) is 110 Å². The van der Waals surface area contributed by atoms with E-state index < -0.39 is 5.41 Å². The third-order valence-corrected chi connectivity index (χ3v) is 10.8. The van der Waals surface area contributed by atoms with Crippen molar-refractivity contribution in [2.45, 2.75) is 57.8 Å². The standard InChI is InChI=1S/C16H15NO.C16H14O.C15H14/c1-16(2)13-10-6-7-11-14(13)17(15(16)18)12-8-4-3-5-9-12;1-16(2)13-9-5-3-7-11(13)15(17)12-8-4-6-10-14(12)16;1-15(2)13-9-5-3-7-11(13)12-8-4-6-10-14(12)15/h3-11H,1-2H3;3-10H,1-2H3;3-10H,1-2H3/i3*1+1/t16-;;/m0../s1. The second kappa shape index (κ2) is 12.4. The number of benzene rings is 6. The van der Waals surface area contributed by atoms with Crippen molar-refractivity contribution in [2.75, 3.05) is 4.90 Å². The molecule has 3 heteroatoms. The zero-order valence-corrected chi connectivity index (χ0v) is 29.7. The van der Waals surface area contributed by atoms with Crippen molar-refractivity contribution in [3.05, 3.63) is 191 Å². The molecule has 1 aliphatic heterocycles. The molecule has 0 spiro atoms. The monoisotopic (exact) mass is 656 g/mol. The van der Waals surface area contributed by atoms with E-state index in [2.05, 4.69) is 88.4 Å². The summed E-state index contributed by atoms with van der Waals surface area (Å²) in [5.41, 5.74) is 12.3. The van der Waals surface area contributed by atoms with Crippen molar-refractivity contribution in [1.29, 1.82) is 0 Å². The maximum absolute atomic E-state index is 12.6. The Morgan fingerprint density at radius 1 is 0.360 bits per heavy atom. The van der Waals surface area contributed by atoms with Crippen LogP contribution in [0.5, 0.6) is 0 Å². The number of fused-ring (bicyclic) bond motifs is 6. The number of ketones is 1. The molecule has 0 saturated heterocycles. The molecule has 248 valence electrons. The Morgan fingerprint density at radius 3 is 1.16 bits per heavy atom. The summed E-state index contributed by atoms with van der Waals surface area (Å²) < 4.78 is 0. The Hall–Kier alpha value is -5.54. The van der Waals surface area contributed by atoms with E-state index in [1.165, 1.54) is 22.3 Å². The lowest BCUT2D eigenvalue weighted by Crippen LogP contribution is -2.33. The number of amides is 1. The van der Waals surface area contributed by atoms with Crippen molar-refractivity contribution >= 4 is 23.1 Å². The summed E-state index contributed by atoms with van der Waals surface area (Å²) >= 11 is 0. The molecule has 9 rings (SSSR count). The minimum Gasteiger partial charge on any atom is -0.289 e. The molecule has 50 heavy (non-hydrogen) atoms. The number of nitrogens with zero attached hydrogens (tertiary/aromatic N) is 1. The van der Waals surface area contributed by atoms with E-state index >= 15 is 0 Å². The minimum absolute atomic E-state index is 0.0961. The fourth-order valence-electron chi connectivity index (χ4n) is 7.95. The van der Waals surface area contributed by atoms with E-state index in [9.17, 15) is 9.59 Å². The Bertz CT molecular complexity index is 2140. The molecule has 0 bridgehead atoms. The number of para-hydroxylation sites is 2. The molecule has 0 saturated carbocycles. The smallest absolute Gasteiger partial charge is 0.241 e. The minimum atomic E-state index is -0.452.